The van der Waals surface area contributed by atoms with E-state index in [1.54, 1.807) is 0 Å². The van der Waals surface area contributed by atoms with Gasteiger partial charge in [-0.25, -0.2) is 4.98 Å². The van der Waals surface area contributed by atoms with Crippen LogP contribution in [-0.4, -0.2) is 4.98 Å². The minimum Gasteiger partial charge on any atom is -0.248 e. The van der Waals surface area contributed by atoms with E-state index in [1.807, 2.05) is 0 Å². The number of benzene rings is 8. The van der Waals surface area contributed by atoms with Gasteiger partial charge >= 0.3 is 0 Å². The highest BCUT2D eigenvalue weighted by molar-refractivity contribution is 6.39. The zero-order valence-electron chi connectivity index (χ0n) is 21.7. The van der Waals surface area contributed by atoms with E-state index in [1.165, 1.54) is 75.8 Å². The molecule has 1 aromatic heterocycles. The fourth-order valence-electron chi connectivity index (χ4n) is 6.93. The number of rotatable bonds is 1. The number of aromatic nitrogens is 1. The largest absolute Gasteiger partial charge is 0.248 e. The number of fused-ring (bicyclic) bond motifs is 13. The molecule has 0 atom stereocenters. The van der Waals surface area contributed by atoms with Gasteiger partial charge in [0.15, 0.2) is 0 Å². The molecule has 0 fully saturated rings. The summed E-state index contributed by atoms with van der Waals surface area (Å²) >= 11 is 0. The first-order chi connectivity index (χ1) is 19.9. The van der Waals surface area contributed by atoms with Crippen LogP contribution in [0.3, 0.4) is 0 Å². The molecule has 8 aromatic carbocycles. The topological polar surface area (TPSA) is 12.9 Å². The molecule has 0 amide bonds. The molecule has 0 saturated carbocycles. The highest BCUT2D eigenvalue weighted by Crippen LogP contribution is 2.45. The van der Waals surface area contributed by atoms with Gasteiger partial charge in [0, 0.05) is 16.3 Å². The Balaban J connectivity index is 1.55. The van der Waals surface area contributed by atoms with Gasteiger partial charge in [0.1, 0.15) is 0 Å². The average Bonchev–Trinajstić information content (AvgIpc) is 3.03. The van der Waals surface area contributed by atoms with E-state index in [2.05, 4.69) is 140 Å². The molecule has 0 aliphatic carbocycles. The van der Waals surface area contributed by atoms with E-state index in [9.17, 15) is 0 Å². The lowest BCUT2D eigenvalue weighted by Gasteiger charge is -2.18. The molecule has 184 valence electrons. The second-order valence-corrected chi connectivity index (χ2v) is 10.7. The standard InChI is InChI=1S/C39H23N/c1-4-14-29-25(11-1)26-12-2-6-16-31(26)39-34-23-24(21-22-28(34)27-13-3-5-15-30(27)38(29)39)37-32-17-7-9-19-35(32)40-36-20-10-8-18-33(36)37/h1-23H. The predicted octanol–water partition coefficient (Wildman–Crippen LogP) is 10.8. The van der Waals surface area contributed by atoms with E-state index >= 15 is 0 Å². The van der Waals surface area contributed by atoms with Gasteiger partial charge in [-0.15, -0.1) is 0 Å². The predicted molar refractivity (Wildman–Crippen MR) is 172 cm³/mol. The number of hydrogen-bond acceptors (Lipinski definition) is 1. The molecule has 0 radical (unpaired) electrons. The highest BCUT2D eigenvalue weighted by Gasteiger charge is 2.17. The molecule has 1 heteroatoms. The normalized spacial score (nSPS) is 12.0. The van der Waals surface area contributed by atoms with Gasteiger partial charge < -0.3 is 0 Å². The average molecular weight is 506 g/mol. The molecular formula is C39H23N. The molecule has 0 bridgehead atoms. The molecule has 1 heterocycles. The maximum absolute atomic E-state index is 4.99. The second kappa shape index (κ2) is 8.11. The van der Waals surface area contributed by atoms with Gasteiger partial charge in [-0.05, 0) is 77.6 Å². The van der Waals surface area contributed by atoms with Crippen molar-refractivity contribution >= 4 is 75.7 Å². The molecule has 1 nitrogen and oxygen atoms in total. The van der Waals surface area contributed by atoms with Crippen LogP contribution in [-0.2, 0) is 0 Å². The first kappa shape index (κ1) is 21.6. The van der Waals surface area contributed by atoms with Crippen molar-refractivity contribution in [3.8, 4) is 11.1 Å². The molecule has 0 aliphatic rings. The zero-order valence-corrected chi connectivity index (χ0v) is 21.7. The smallest absolute Gasteiger partial charge is 0.0715 e. The maximum atomic E-state index is 4.99. The molecular weight excluding hydrogens is 482 g/mol. The Labute approximate surface area is 230 Å². The van der Waals surface area contributed by atoms with Crippen molar-refractivity contribution in [1.29, 1.82) is 0 Å². The van der Waals surface area contributed by atoms with Gasteiger partial charge in [-0.2, -0.15) is 0 Å². The summed E-state index contributed by atoms with van der Waals surface area (Å²) in [5.41, 5.74) is 4.51. The molecule has 0 N–H and O–H groups in total. The Morgan fingerprint density at radius 3 is 1.18 bits per heavy atom. The Hall–Kier alpha value is -5.27. The third kappa shape index (κ3) is 2.89. The minimum atomic E-state index is 1.02. The Bertz CT molecular complexity index is 2420. The summed E-state index contributed by atoms with van der Waals surface area (Å²) < 4.78 is 0. The third-order valence-corrected chi connectivity index (χ3v) is 8.58. The van der Waals surface area contributed by atoms with Crippen LogP contribution in [0, 0.1) is 0 Å². The molecule has 0 unspecified atom stereocenters. The lowest BCUT2D eigenvalue weighted by atomic mass is 9.86. The van der Waals surface area contributed by atoms with Gasteiger partial charge in [0.05, 0.1) is 11.0 Å². The Kier molecular flexibility index (Phi) is 4.39. The van der Waals surface area contributed by atoms with Crippen LogP contribution >= 0.6 is 0 Å². The van der Waals surface area contributed by atoms with Crippen LogP contribution < -0.4 is 0 Å². The summed E-state index contributed by atoms with van der Waals surface area (Å²) in [4.78, 5) is 4.99. The van der Waals surface area contributed by atoms with E-state index in [-0.39, 0.29) is 0 Å². The van der Waals surface area contributed by atoms with Crippen molar-refractivity contribution in [2.45, 2.75) is 0 Å². The van der Waals surface area contributed by atoms with Crippen LogP contribution in [0.4, 0.5) is 0 Å². The fraction of sp³-hybridized carbons (Fsp3) is 0. The third-order valence-electron chi connectivity index (χ3n) is 8.58. The number of hydrogen-bond donors (Lipinski definition) is 0. The minimum absolute atomic E-state index is 1.02. The first-order valence-electron chi connectivity index (χ1n) is 13.8. The van der Waals surface area contributed by atoms with Crippen molar-refractivity contribution in [1.82, 2.24) is 4.98 Å². The summed E-state index contributed by atoms with van der Waals surface area (Å²) in [6, 6.07) is 50.8. The van der Waals surface area contributed by atoms with Crippen molar-refractivity contribution in [3.05, 3.63) is 140 Å². The van der Waals surface area contributed by atoms with E-state index < -0.39 is 0 Å². The number of para-hydroxylation sites is 2. The summed E-state index contributed by atoms with van der Waals surface area (Å²) in [6.07, 6.45) is 0. The van der Waals surface area contributed by atoms with Crippen molar-refractivity contribution in [3.63, 3.8) is 0 Å². The fourth-order valence-corrected chi connectivity index (χ4v) is 6.93. The van der Waals surface area contributed by atoms with Gasteiger partial charge in [-0.3, -0.25) is 0 Å². The van der Waals surface area contributed by atoms with Crippen molar-refractivity contribution < 1.29 is 0 Å². The highest BCUT2D eigenvalue weighted by atomic mass is 14.7. The van der Waals surface area contributed by atoms with Crippen LogP contribution in [0.25, 0.3) is 86.8 Å². The molecule has 0 saturated heterocycles. The van der Waals surface area contributed by atoms with Gasteiger partial charge in [-0.1, -0.05) is 121 Å². The lowest BCUT2D eigenvalue weighted by Crippen LogP contribution is -1.91. The summed E-state index contributed by atoms with van der Waals surface area (Å²) in [5, 5.41) is 15.4. The SMILES string of the molecule is c1ccc2c(-c3ccc4c5ccccc5c5c6ccccc6c6ccccc6c5c4c3)c3ccccc3nc2c1. The molecule has 0 spiro atoms. The first-order valence-corrected chi connectivity index (χ1v) is 13.8. The van der Waals surface area contributed by atoms with Crippen LogP contribution in [0.15, 0.2) is 140 Å². The molecule has 40 heavy (non-hydrogen) atoms. The molecule has 0 aliphatic heterocycles. The Morgan fingerprint density at radius 2 is 0.675 bits per heavy atom. The molecule has 9 rings (SSSR count). The summed E-state index contributed by atoms with van der Waals surface area (Å²) in [6.45, 7) is 0. The summed E-state index contributed by atoms with van der Waals surface area (Å²) in [7, 11) is 0. The van der Waals surface area contributed by atoms with Crippen LogP contribution in [0.1, 0.15) is 0 Å². The van der Waals surface area contributed by atoms with Crippen LogP contribution in [0.2, 0.25) is 0 Å². The maximum Gasteiger partial charge on any atom is 0.0715 e. The second-order valence-electron chi connectivity index (χ2n) is 10.7. The van der Waals surface area contributed by atoms with Gasteiger partial charge in [0.25, 0.3) is 0 Å². The van der Waals surface area contributed by atoms with E-state index in [0.29, 0.717) is 0 Å². The van der Waals surface area contributed by atoms with E-state index in [0.717, 1.165) is 11.0 Å². The van der Waals surface area contributed by atoms with Crippen molar-refractivity contribution in [2.75, 3.05) is 0 Å². The zero-order chi connectivity index (χ0) is 26.2. The monoisotopic (exact) mass is 505 g/mol. The van der Waals surface area contributed by atoms with Crippen LogP contribution in [0.5, 0.6) is 0 Å². The Morgan fingerprint density at radius 1 is 0.300 bits per heavy atom. The van der Waals surface area contributed by atoms with E-state index in [4.69, 9.17) is 4.98 Å². The summed E-state index contributed by atoms with van der Waals surface area (Å²) in [5.74, 6) is 0. The van der Waals surface area contributed by atoms with Crippen molar-refractivity contribution in [2.24, 2.45) is 0 Å². The number of nitrogens with zero attached hydrogens (tertiary/aromatic N) is 1. The number of pyridine rings is 1. The lowest BCUT2D eigenvalue weighted by molar-refractivity contribution is 1.49. The van der Waals surface area contributed by atoms with Gasteiger partial charge in [0.2, 0.25) is 0 Å². The quantitative estimate of drug-likeness (QED) is 0.160. The molecule has 9 aromatic rings.